The highest BCUT2D eigenvalue weighted by molar-refractivity contribution is 6.83. The van der Waals surface area contributed by atoms with Crippen LogP contribution >= 0.6 is 0 Å². The highest BCUT2D eigenvalue weighted by Gasteiger charge is 2.32. The van der Waals surface area contributed by atoms with Crippen LogP contribution < -0.4 is 0 Å². The van der Waals surface area contributed by atoms with E-state index in [1.54, 1.807) is 0 Å². The summed E-state index contributed by atoms with van der Waals surface area (Å²) in [5.41, 5.74) is 0. The Hall–Kier alpha value is 0.735. The van der Waals surface area contributed by atoms with Crippen molar-refractivity contribution in [1.82, 2.24) is 0 Å². The lowest BCUT2D eigenvalue weighted by molar-refractivity contribution is -0.106. The lowest BCUT2D eigenvalue weighted by Crippen LogP contribution is -2.32. The summed E-state index contributed by atoms with van der Waals surface area (Å²) in [4.78, 5) is 11.1. The normalized spacial score (nSPS) is 10.2. The molecule has 0 heterocycles. The SMILES string of the molecule is C[CH2][Al]([CH2]C)[CH](C=O)[Al]([CH2]C)[CH2]C. The van der Waals surface area contributed by atoms with E-state index in [0.717, 1.165) is 0 Å². The van der Waals surface area contributed by atoms with Gasteiger partial charge in [-0.2, -0.15) is 0 Å². The summed E-state index contributed by atoms with van der Waals surface area (Å²) in [6.07, 6.45) is 1.31. The fourth-order valence-electron chi connectivity index (χ4n) is 2.27. The summed E-state index contributed by atoms with van der Waals surface area (Å²) in [5.74, 6) is 0. The van der Waals surface area contributed by atoms with Crippen molar-refractivity contribution in [3.63, 3.8) is 0 Å². The molecule has 74 valence electrons. The fraction of sp³-hybridized carbons (Fsp3) is 0.900. The van der Waals surface area contributed by atoms with E-state index in [4.69, 9.17) is 0 Å². The van der Waals surface area contributed by atoms with Crippen LogP contribution in [-0.4, -0.2) is 34.6 Å². The quantitative estimate of drug-likeness (QED) is 0.468. The first-order chi connectivity index (χ1) is 6.24. The Bertz CT molecular complexity index is 119. The third-order valence-corrected chi connectivity index (χ3v) is 13.3. The second-order valence-corrected chi connectivity index (χ2v) is 12.5. The van der Waals surface area contributed by atoms with E-state index in [-0.39, 0.29) is 0 Å². The van der Waals surface area contributed by atoms with Crippen LogP contribution in [0.4, 0.5) is 0 Å². The first-order valence-electron chi connectivity index (χ1n) is 5.70. The molecule has 1 nitrogen and oxygen atoms in total. The van der Waals surface area contributed by atoms with E-state index in [9.17, 15) is 4.79 Å². The number of carbonyl (C=O) groups excluding carboxylic acids is 1. The van der Waals surface area contributed by atoms with Gasteiger partial charge in [-0.3, -0.25) is 0 Å². The van der Waals surface area contributed by atoms with Gasteiger partial charge in [0.1, 0.15) is 0 Å². The number of hydrogen-bond donors (Lipinski definition) is 0. The Morgan fingerprint density at radius 3 is 1.38 bits per heavy atom. The fourth-order valence-corrected chi connectivity index (χ4v) is 12.4. The van der Waals surface area contributed by atoms with Gasteiger partial charge < -0.3 is 4.79 Å². The standard InChI is InChI=1S/C2H2O.4C2H5.2Al/c1-2-3;4*1-2;;/h1-2H;4*1H2,2H3;;. The molecule has 0 aliphatic rings. The smallest absolute Gasteiger partial charge is 0.258 e. The molecule has 0 aromatic carbocycles. The Balaban J connectivity index is 4.34. The second-order valence-electron chi connectivity index (χ2n) is 3.87. The van der Waals surface area contributed by atoms with Gasteiger partial charge in [-0.1, -0.05) is 52.5 Å². The molecular weight excluding hydrogens is 190 g/mol. The predicted octanol–water partition coefficient (Wildman–Crippen LogP) is 3.16. The summed E-state index contributed by atoms with van der Waals surface area (Å²) in [5, 5.41) is 5.24. The van der Waals surface area contributed by atoms with E-state index in [1.807, 2.05) is 0 Å². The number of aldehydes is 1. The monoisotopic (exact) mass is 212 g/mol. The van der Waals surface area contributed by atoms with Gasteiger partial charge in [-0.05, 0) is 0 Å². The molecule has 0 saturated heterocycles. The van der Waals surface area contributed by atoms with Crippen LogP contribution in [0.3, 0.4) is 0 Å². The lowest BCUT2D eigenvalue weighted by Gasteiger charge is -2.19. The van der Waals surface area contributed by atoms with Crippen molar-refractivity contribution in [2.45, 2.75) is 52.5 Å². The van der Waals surface area contributed by atoms with Gasteiger partial charge in [0.2, 0.25) is 0 Å². The molecule has 3 heteroatoms. The molecule has 0 radical (unpaired) electrons. The van der Waals surface area contributed by atoms with Gasteiger partial charge in [0.25, 0.3) is 28.3 Å². The van der Waals surface area contributed by atoms with Gasteiger partial charge in [0.15, 0.2) is 0 Å². The van der Waals surface area contributed by atoms with E-state index in [0.29, 0.717) is 3.64 Å². The molecule has 0 aliphatic carbocycles. The Morgan fingerprint density at radius 1 is 0.923 bits per heavy atom. The van der Waals surface area contributed by atoms with Gasteiger partial charge >= 0.3 is 0 Å². The van der Waals surface area contributed by atoms with E-state index < -0.39 is 28.3 Å². The minimum atomic E-state index is -0.707. The Kier molecular flexibility index (Phi) is 8.53. The van der Waals surface area contributed by atoms with Crippen LogP contribution in [0.2, 0.25) is 24.8 Å². The van der Waals surface area contributed by atoms with Crippen molar-refractivity contribution < 1.29 is 4.79 Å². The number of hydrogen-bond acceptors (Lipinski definition) is 1. The Morgan fingerprint density at radius 2 is 1.23 bits per heavy atom. The lowest BCUT2D eigenvalue weighted by atomic mass is 10.9. The van der Waals surface area contributed by atoms with Gasteiger partial charge in [-0.25, -0.2) is 0 Å². The van der Waals surface area contributed by atoms with Crippen molar-refractivity contribution in [3.05, 3.63) is 0 Å². The maximum absolute atomic E-state index is 11.1. The third kappa shape index (κ3) is 4.18. The van der Waals surface area contributed by atoms with Crippen LogP contribution in [0.15, 0.2) is 0 Å². The molecule has 0 saturated carbocycles. The molecule has 0 rings (SSSR count). The molecule has 0 atom stereocenters. The van der Waals surface area contributed by atoms with Crippen LogP contribution in [0, 0.1) is 0 Å². The third-order valence-electron chi connectivity index (χ3n) is 3.34. The summed E-state index contributed by atoms with van der Waals surface area (Å²) >= 11 is -1.41. The maximum Gasteiger partial charge on any atom is 0.258 e. The first kappa shape index (κ1) is 13.7. The summed E-state index contributed by atoms with van der Waals surface area (Å²) in [6, 6.07) is 0. The number of carbonyl (C=O) groups is 1. The molecule has 0 aromatic heterocycles. The first-order valence-corrected chi connectivity index (χ1v) is 10.3. The Labute approximate surface area is 91.7 Å². The zero-order valence-electron chi connectivity index (χ0n) is 9.55. The molecule has 0 bridgehead atoms. The van der Waals surface area contributed by atoms with E-state index in [2.05, 4.69) is 27.7 Å². The zero-order valence-corrected chi connectivity index (χ0v) is 11.9. The molecular formula is C10H22Al2O. The van der Waals surface area contributed by atoms with Crippen LogP contribution in [0.5, 0.6) is 0 Å². The highest BCUT2D eigenvalue weighted by Crippen LogP contribution is 2.22. The van der Waals surface area contributed by atoms with Crippen molar-refractivity contribution in [2.75, 3.05) is 0 Å². The largest absolute Gasteiger partial charge is 0.306 e. The van der Waals surface area contributed by atoms with Crippen LogP contribution in [-0.2, 0) is 4.79 Å². The van der Waals surface area contributed by atoms with Crippen LogP contribution in [0.25, 0.3) is 0 Å². The molecule has 0 N–H and O–H groups in total. The topological polar surface area (TPSA) is 17.1 Å². The minimum Gasteiger partial charge on any atom is -0.306 e. The zero-order chi connectivity index (χ0) is 10.3. The van der Waals surface area contributed by atoms with Crippen molar-refractivity contribution >= 4 is 34.6 Å². The molecule has 0 aromatic rings. The van der Waals surface area contributed by atoms with Gasteiger partial charge in [0.05, 0.1) is 6.29 Å². The summed E-state index contributed by atoms with van der Waals surface area (Å²) in [7, 11) is 0. The highest BCUT2D eigenvalue weighted by atomic mass is 27.2. The molecule has 0 fully saturated rings. The van der Waals surface area contributed by atoms with Crippen molar-refractivity contribution in [3.8, 4) is 0 Å². The van der Waals surface area contributed by atoms with E-state index >= 15 is 0 Å². The molecule has 0 spiro atoms. The van der Waals surface area contributed by atoms with Crippen LogP contribution in [0.1, 0.15) is 27.7 Å². The second kappa shape index (κ2) is 8.08. The van der Waals surface area contributed by atoms with Crippen molar-refractivity contribution in [2.24, 2.45) is 0 Å². The van der Waals surface area contributed by atoms with Crippen molar-refractivity contribution in [1.29, 1.82) is 0 Å². The number of rotatable bonds is 7. The van der Waals surface area contributed by atoms with E-state index in [1.165, 1.54) is 27.4 Å². The molecule has 0 aliphatic heterocycles. The summed E-state index contributed by atoms with van der Waals surface area (Å²) in [6.45, 7) is 9.09. The molecule has 13 heavy (non-hydrogen) atoms. The molecule has 0 amide bonds. The minimum absolute atomic E-state index is 0.574. The van der Waals surface area contributed by atoms with Gasteiger partial charge in [0, 0.05) is 0 Å². The predicted molar refractivity (Wildman–Crippen MR) is 63.2 cm³/mol. The average molecular weight is 212 g/mol. The summed E-state index contributed by atoms with van der Waals surface area (Å²) < 4.78 is 0.574. The average Bonchev–Trinajstić information content (AvgIpc) is 2.18. The van der Waals surface area contributed by atoms with Gasteiger partial charge in [-0.15, -0.1) is 0 Å². The molecule has 0 unspecified atom stereocenters. The maximum atomic E-state index is 11.1.